The molecule has 1 amide bonds. The van der Waals surface area contributed by atoms with Crippen LogP contribution in [0, 0.1) is 6.92 Å². The van der Waals surface area contributed by atoms with Crippen molar-refractivity contribution in [2.24, 2.45) is 0 Å². The normalized spacial score (nSPS) is 28.0. The summed E-state index contributed by atoms with van der Waals surface area (Å²) in [6, 6.07) is 8.53. The maximum Gasteiger partial charge on any atom is 0.303 e. The largest absolute Gasteiger partial charge is 0.481 e. The number of aryl methyl sites for hydroxylation is 1. The first kappa shape index (κ1) is 33.2. The van der Waals surface area contributed by atoms with E-state index >= 15 is 0 Å². The Morgan fingerprint density at radius 3 is 2.17 bits per heavy atom. The number of aliphatic carboxylic acids is 1. The number of allylic oxidation sites excluding steroid dienone is 1. The van der Waals surface area contributed by atoms with Gasteiger partial charge in [-0.3, -0.25) is 19.6 Å². The van der Waals surface area contributed by atoms with Gasteiger partial charge in [0.2, 0.25) is 5.91 Å². The highest BCUT2D eigenvalue weighted by Crippen LogP contribution is 2.50. The van der Waals surface area contributed by atoms with E-state index in [1.807, 2.05) is 12.2 Å². The average Bonchev–Trinajstić information content (AvgIpc) is 3.62. The molecular formula is C38H49N5O3. The minimum absolute atomic E-state index is 0.00397. The number of H-pyrrole nitrogens is 2. The lowest BCUT2D eigenvalue weighted by Crippen LogP contribution is -2.29. The molecule has 5 rings (SSSR count). The van der Waals surface area contributed by atoms with E-state index in [4.69, 9.17) is 9.97 Å². The van der Waals surface area contributed by atoms with E-state index in [2.05, 4.69) is 101 Å². The van der Waals surface area contributed by atoms with Gasteiger partial charge in [-0.15, -0.1) is 6.58 Å². The van der Waals surface area contributed by atoms with Crippen LogP contribution in [-0.2, 0) is 25.8 Å². The van der Waals surface area contributed by atoms with Crippen LogP contribution in [0.25, 0.3) is 17.1 Å². The summed E-state index contributed by atoms with van der Waals surface area (Å²) >= 11 is 0. The Morgan fingerprint density at radius 1 is 0.891 bits per heavy atom. The highest BCUT2D eigenvalue weighted by Gasteiger charge is 2.45. The molecule has 8 nitrogen and oxygen atoms in total. The predicted molar refractivity (Wildman–Crippen MR) is 185 cm³/mol. The van der Waals surface area contributed by atoms with E-state index in [1.54, 1.807) is 7.05 Å². The summed E-state index contributed by atoms with van der Waals surface area (Å²) in [6.45, 7) is 23.5. The van der Waals surface area contributed by atoms with Gasteiger partial charge in [-0.2, -0.15) is 0 Å². The zero-order chi connectivity index (χ0) is 33.8. The van der Waals surface area contributed by atoms with Crippen molar-refractivity contribution >= 4 is 29.0 Å². The molecule has 0 saturated carbocycles. The molecule has 0 aliphatic carbocycles. The monoisotopic (exact) mass is 623 g/mol. The molecule has 0 aromatic carbocycles. The first-order valence-corrected chi connectivity index (χ1v) is 16.4. The fourth-order valence-corrected chi connectivity index (χ4v) is 7.44. The molecule has 2 aromatic heterocycles. The maximum atomic E-state index is 12.5. The lowest BCUT2D eigenvalue weighted by atomic mass is 9.70. The van der Waals surface area contributed by atoms with Crippen LogP contribution in [0.4, 0.5) is 0 Å². The number of nitrogens with zero attached hydrogens (tertiary/aromatic N) is 2. The molecule has 6 unspecified atom stereocenters. The highest BCUT2D eigenvalue weighted by atomic mass is 16.4. The van der Waals surface area contributed by atoms with E-state index in [9.17, 15) is 14.7 Å². The second-order valence-electron chi connectivity index (χ2n) is 14.2. The highest BCUT2D eigenvalue weighted by molar-refractivity contribution is 5.80. The first-order valence-electron chi connectivity index (χ1n) is 16.4. The van der Waals surface area contributed by atoms with E-state index in [0.29, 0.717) is 19.3 Å². The third-order valence-corrected chi connectivity index (χ3v) is 11.9. The SMILES string of the molecule is C=Cc1c(C)c2cc3nc(cc4[nH]c(cc5nc(cc1[nH]2)C(C)C5(C)CCC(=O)O)C(C)(CCC(=O)NC)C4C)C(C)C3(C)C=C. The van der Waals surface area contributed by atoms with Crippen molar-refractivity contribution in [3.63, 3.8) is 0 Å². The molecule has 46 heavy (non-hydrogen) atoms. The molecule has 3 aliphatic heterocycles. The van der Waals surface area contributed by atoms with Crippen molar-refractivity contribution in [3.05, 3.63) is 88.8 Å². The summed E-state index contributed by atoms with van der Waals surface area (Å²) in [6.07, 6.45) is 5.37. The van der Waals surface area contributed by atoms with Crippen LogP contribution in [-0.4, -0.2) is 44.0 Å². The van der Waals surface area contributed by atoms with Gasteiger partial charge in [0.05, 0.1) is 5.69 Å². The standard InChI is InChI=1S/C38H49N5O3/c1-11-25-21(3)26-19-31-36(7,12-2)22(4)27(41-31)17-28-23(5)37(8,15-13-34(44)39-10)32(42-28)20-33-38(9,16-14-35(45)46)24(6)29(43-33)18-30(25)40-26/h11-12,17-20,22-24,40,42H,1-2,13-16H2,3-10H3,(H,39,44)(H,45,46). The molecular weight excluding hydrogens is 574 g/mol. The van der Waals surface area contributed by atoms with Gasteiger partial charge in [0.15, 0.2) is 0 Å². The van der Waals surface area contributed by atoms with Gasteiger partial charge in [-0.25, -0.2) is 0 Å². The van der Waals surface area contributed by atoms with Gasteiger partial charge in [-0.05, 0) is 56.5 Å². The number of amides is 1. The molecule has 3 aliphatic rings. The summed E-state index contributed by atoms with van der Waals surface area (Å²) < 4.78 is 0. The Morgan fingerprint density at radius 2 is 1.54 bits per heavy atom. The number of carbonyl (C=O) groups excluding carboxylic acids is 1. The van der Waals surface area contributed by atoms with Gasteiger partial charge >= 0.3 is 5.97 Å². The first-order chi connectivity index (χ1) is 21.6. The Kier molecular flexibility index (Phi) is 8.56. The van der Waals surface area contributed by atoms with Crippen LogP contribution in [0.5, 0.6) is 0 Å². The minimum Gasteiger partial charge on any atom is -0.481 e. The molecule has 5 heterocycles. The van der Waals surface area contributed by atoms with Gasteiger partial charge in [0.1, 0.15) is 0 Å². The lowest BCUT2D eigenvalue weighted by Gasteiger charge is -2.32. The second-order valence-corrected chi connectivity index (χ2v) is 14.2. The third-order valence-electron chi connectivity index (χ3n) is 11.9. The van der Waals surface area contributed by atoms with Crippen molar-refractivity contribution < 1.29 is 14.7 Å². The van der Waals surface area contributed by atoms with Crippen LogP contribution in [0.1, 0.15) is 130 Å². The molecule has 2 aromatic rings. The number of carbonyl (C=O) groups is 2. The smallest absolute Gasteiger partial charge is 0.303 e. The molecule has 8 bridgehead atoms. The summed E-state index contributed by atoms with van der Waals surface area (Å²) in [5.41, 5.74) is 8.31. The molecule has 244 valence electrons. The molecule has 8 heteroatoms. The Balaban J connectivity index is 1.91. The van der Waals surface area contributed by atoms with E-state index in [-0.39, 0.29) is 35.5 Å². The fourth-order valence-electron chi connectivity index (χ4n) is 7.44. The van der Waals surface area contributed by atoms with Crippen molar-refractivity contribution in [1.29, 1.82) is 0 Å². The lowest BCUT2D eigenvalue weighted by molar-refractivity contribution is -0.137. The van der Waals surface area contributed by atoms with Gasteiger partial charge in [0.25, 0.3) is 0 Å². The molecule has 0 spiro atoms. The van der Waals surface area contributed by atoms with Crippen LogP contribution in [0.2, 0.25) is 0 Å². The summed E-state index contributed by atoms with van der Waals surface area (Å²) in [5, 5.41) is 12.5. The zero-order valence-corrected chi connectivity index (χ0v) is 28.6. The molecule has 0 saturated heterocycles. The van der Waals surface area contributed by atoms with E-state index < -0.39 is 16.8 Å². The minimum atomic E-state index is -0.826. The fraction of sp³-hybridized carbons (Fsp3) is 0.474. The van der Waals surface area contributed by atoms with Crippen molar-refractivity contribution in [3.8, 4) is 0 Å². The number of aromatic nitrogens is 4. The molecule has 4 N–H and O–H groups in total. The average molecular weight is 624 g/mol. The Bertz CT molecular complexity index is 1800. The number of carboxylic acids is 1. The summed E-state index contributed by atoms with van der Waals surface area (Å²) in [7, 11) is 1.67. The van der Waals surface area contributed by atoms with Crippen molar-refractivity contribution in [2.45, 2.75) is 108 Å². The number of aromatic amines is 2. The molecule has 6 atom stereocenters. The third kappa shape index (κ3) is 5.25. The Labute approximate surface area is 272 Å². The number of hydrogen-bond acceptors (Lipinski definition) is 4. The van der Waals surface area contributed by atoms with Crippen LogP contribution in [0.3, 0.4) is 0 Å². The van der Waals surface area contributed by atoms with E-state index in [0.717, 1.165) is 56.3 Å². The number of nitrogens with one attached hydrogen (secondary N) is 3. The van der Waals surface area contributed by atoms with Crippen molar-refractivity contribution in [2.75, 3.05) is 7.05 Å². The van der Waals surface area contributed by atoms with Crippen molar-refractivity contribution in [1.82, 2.24) is 25.3 Å². The van der Waals surface area contributed by atoms with Gasteiger partial charge in [0, 0.05) is 99.0 Å². The quantitative estimate of drug-likeness (QED) is 0.224. The number of hydrogen-bond donors (Lipinski definition) is 4. The van der Waals surface area contributed by atoms with Gasteiger partial charge < -0.3 is 20.4 Å². The Hall–Kier alpha value is -4.20. The molecule has 0 fully saturated rings. The maximum absolute atomic E-state index is 12.5. The van der Waals surface area contributed by atoms with Crippen LogP contribution >= 0.6 is 0 Å². The second kappa shape index (κ2) is 11.9. The number of carboxylic acid groups (broad SMARTS) is 1. The number of rotatable bonds is 8. The topological polar surface area (TPSA) is 124 Å². The zero-order valence-electron chi connectivity index (χ0n) is 28.6. The van der Waals surface area contributed by atoms with E-state index in [1.165, 1.54) is 0 Å². The van der Waals surface area contributed by atoms with Crippen LogP contribution < -0.4 is 5.32 Å². The van der Waals surface area contributed by atoms with Crippen LogP contribution in [0.15, 0.2) is 43.5 Å². The molecule has 0 radical (unpaired) electrons. The summed E-state index contributed by atoms with van der Waals surface area (Å²) in [4.78, 5) is 42.2. The number of fused-ring (bicyclic) bond motifs is 8. The summed E-state index contributed by atoms with van der Waals surface area (Å²) in [5.74, 6) is -0.743. The van der Waals surface area contributed by atoms with Gasteiger partial charge in [-0.1, -0.05) is 53.3 Å². The predicted octanol–water partition coefficient (Wildman–Crippen LogP) is 7.75.